The van der Waals surface area contributed by atoms with Crippen LogP contribution in [0.25, 0.3) is 0 Å². The molecule has 0 spiro atoms. The van der Waals surface area contributed by atoms with Crippen molar-refractivity contribution in [3.8, 4) is 5.75 Å². The number of aliphatic hydroxyl groups excluding tert-OH is 1. The lowest BCUT2D eigenvalue weighted by Gasteiger charge is -2.24. The average molecular weight is 326 g/mol. The summed E-state index contributed by atoms with van der Waals surface area (Å²) >= 11 is 6.03. The highest BCUT2D eigenvalue weighted by molar-refractivity contribution is 6.31. The van der Waals surface area contributed by atoms with E-state index in [2.05, 4.69) is 0 Å². The molecule has 0 aliphatic heterocycles. The molecule has 0 heterocycles. The number of aliphatic hydroxyl groups is 1. The van der Waals surface area contributed by atoms with Crippen molar-refractivity contribution in [2.45, 2.75) is 45.3 Å². The van der Waals surface area contributed by atoms with Crippen molar-refractivity contribution in [1.82, 2.24) is 4.90 Å². The number of carbonyl (C=O) groups excluding carboxylic acids is 1. The molecule has 5 heteroatoms. The molecule has 122 valence electrons. The van der Waals surface area contributed by atoms with Crippen LogP contribution in [0.15, 0.2) is 18.2 Å². The zero-order chi connectivity index (χ0) is 16.3. The standard InChI is InChI=1S/C17H24ClNO3/c1-11(2)22-16-8-7-13(18)9-14(16)17(21)19(3)10-12-5-4-6-15(12)20/h7-9,11-12,15,20H,4-6,10H2,1-3H3. The topological polar surface area (TPSA) is 49.8 Å². The van der Waals surface area contributed by atoms with Crippen LogP contribution in [-0.4, -0.2) is 41.7 Å². The Morgan fingerprint density at radius 3 is 2.77 bits per heavy atom. The second-order valence-electron chi connectivity index (χ2n) is 6.25. The van der Waals surface area contributed by atoms with Crippen LogP contribution in [0.5, 0.6) is 5.75 Å². The molecule has 0 aromatic heterocycles. The maximum atomic E-state index is 12.7. The Bertz CT molecular complexity index is 533. The maximum absolute atomic E-state index is 12.7. The van der Waals surface area contributed by atoms with Crippen molar-refractivity contribution in [2.24, 2.45) is 5.92 Å². The predicted octanol–water partition coefficient (Wildman–Crippen LogP) is 3.36. The van der Waals surface area contributed by atoms with Crippen molar-refractivity contribution >= 4 is 17.5 Å². The fourth-order valence-corrected chi connectivity index (χ4v) is 3.07. The number of halogens is 1. The molecule has 1 aliphatic rings. The first-order valence-electron chi connectivity index (χ1n) is 7.78. The van der Waals surface area contributed by atoms with Gasteiger partial charge in [0.05, 0.1) is 17.8 Å². The number of hydrogen-bond donors (Lipinski definition) is 1. The van der Waals surface area contributed by atoms with Gasteiger partial charge >= 0.3 is 0 Å². The van der Waals surface area contributed by atoms with Gasteiger partial charge in [0.15, 0.2) is 0 Å². The molecule has 1 aromatic carbocycles. The average Bonchev–Trinajstić information content (AvgIpc) is 2.85. The smallest absolute Gasteiger partial charge is 0.257 e. The van der Waals surface area contributed by atoms with E-state index in [1.165, 1.54) is 0 Å². The second kappa shape index (κ2) is 7.34. The molecule has 2 atom stereocenters. The highest BCUT2D eigenvalue weighted by Gasteiger charge is 2.28. The van der Waals surface area contributed by atoms with Gasteiger partial charge < -0.3 is 14.7 Å². The summed E-state index contributed by atoms with van der Waals surface area (Å²) in [5.74, 6) is 0.572. The fraction of sp³-hybridized carbons (Fsp3) is 0.588. The van der Waals surface area contributed by atoms with Crippen LogP contribution in [0.2, 0.25) is 5.02 Å². The Labute approximate surface area is 137 Å². The molecule has 0 bridgehead atoms. The van der Waals surface area contributed by atoms with Crippen LogP contribution < -0.4 is 4.74 Å². The van der Waals surface area contributed by atoms with Crippen LogP contribution in [-0.2, 0) is 0 Å². The number of rotatable bonds is 5. The van der Waals surface area contributed by atoms with Crippen molar-refractivity contribution < 1.29 is 14.6 Å². The van der Waals surface area contributed by atoms with E-state index in [1.807, 2.05) is 13.8 Å². The van der Waals surface area contributed by atoms with Gasteiger partial charge in [0.1, 0.15) is 5.75 Å². The SMILES string of the molecule is CC(C)Oc1ccc(Cl)cc1C(=O)N(C)CC1CCCC1O. The van der Waals surface area contributed by atoms with Gasteiger partial charge in [-0.3, -0.25) is 4.79 Å². The summed E-state index contributed by atoms with van der Waals surface area (Å²) in [6.07, 6.45) is 2.48. The minimum Gasteiger partial charge on any atom is -0.490 e. The van der Waals surface area contributed by atoms with Gasteiger partial charge in [-0.25, -0.2) is 0 Å². The lowest BCUT2D eigenvalue weighted by atomic mass is 10.0. The van der Waals surface area contributed by atoms with Crippen LogP contribution in [0, 0.1) is 5.92 Å². The van der Waals surface area contributed by atoms with Gasteiger partial charge in [0.2, 0.25) is 0 Å². The molecule has 1 N–H and O–H groups in total. The van der Waals surface area contributed by atoms with E-state index in [9.17, 15) is 9.90 Å². The summed E-state index contributed by atoms with van der Waals surface area (Å²) < 4.78 is 5.71. The summed E-state index contributed by atoms with van der Waals surface area (Å²) in [6, 6.07) is 5.09. The Hall–Kier alpha value is -1.26. The minimum atomic E-state index is -0.305. The number of nitrogens with zero attached hydrogens (tertiary/aromatic N) is 1. The quantitative estimate of drug-likeness (QED) is 0.903. The van der Waals surface area contributed by atoms with E-state index in [0.29, 0.717) is 22.9 Å². The molecule has 1 amide bonds. The molecule has 1 saturated carbocycles. The molecule has 2 rings (SSSR count). The molecule has 1 aromatic rings. The van der Waals surface area contributed by atoms with Gasteiger partial charge in [-0.05, 0) is 44.9 Å². The van der Waals surface area contributed by atoms with E-state index in [-0.39, 0.29) is 24.0 Å². The molecule has 2 unspecified atom stereocenters. The summed E-state index contributed by atoms with van der Waals surface area (Å²) in [4.78, 5) is 14.4. The number of ether oxygens (including phenoxy) is 1. The summed E-state index contributed by atoms with van der Waals surface area (Å²) in [5.41, 5.74) is 0.469. The van der Waals surface area contributed by atoms with Gasteiger partial charge in [0.25, 0.3) is 5.91 Å². The van der Waals surface area contributed by atoms with Gasteiger partial charge in [-0.2, -0.15) is 0 Å². The van der Waals surface area contributed by atoms with E-state index in [4.69, 9.17) is 16.3 Å². The van der Waals surface area contributed by atoms with Crippen molar-refractivity contribution in [3.05, 3.63) is 28.8 Å². The zero-order valence-corrected chi connectivity index (χ0v) is 14.1. The summed E-state index contributed by atoms with van der Waals surface area (Å²) in [5, 5.41) is 10.4. The molecular formula is C17H24ClNO3. The number of carbonyl (C=O) groups is 1. The normalized spacial score (nSPS) is 21.2. The van der Waals surface area contributed by atoms with Crippen molar-refractivity contribution in [3.63, 3.8) is 0 Å². The minimum absolute atomic E-state index is 0.0188. The molecule has 4 nitrogen and oxygen atoms in total. The van der Waals surface area contributed by atoms with Crippen molar-refractivity contribution in [2.75, 3.05) is 13.6 Å². The second-order valence-corrected chi connectivity index (χ2v) is 6.69. The van der Waals surface area contributed by atoms with Crippen molar-refractivity contribution in [1.29, 1.82) is 0 Å². The highest BCUT2D eigenvalue weighted by Crippen LogP contribution is 2.28. The molecule has 0 radical (unpaired) electrons. The summed E-state index contributed by atoms with van der Waals surface area (Å²) in [7, 11) is 1.76. The lowest BCUT2D eigenvalue weighted by molar-refractivity contribution is 0.0688. The van der Waals surface area contributed by atoms with E-state index < -0.39 is 0 Å². The van der Waals surface area contributed by atoms with Crippen LogP contribution in [0.3, 0.4) is 0 Å². The molecule has 1 aliphatic carbocycles. The predicted molar refractivity (Wildman–Crippen MR) is 87.5 cm³/mol. The third-order valence-corrected chi connectivity index (χ3v) is 4.24. The number of hydrogen-bond acceptors (Lipinski definition) is 3. The van der Waals surface area contributed by atoms with Crippen LogP contribution in [0.1, 0.15) is 43.5 Å². The Kier molecular flexibility index (Phi) is 5.70. The fourth-order valence-electron chi connectivity index (χ4n) is 2.90. The van der Waals surface area contributed by atoms with Gasteiger partial charge in [-0.15, -0.1) is 0 Å². The molecular weight excluding hydrogens is 302 g/mol. The molecule has 22 heavy (non-hydrogen) atoms. The van der Waals surface area contributed by atoms with Gasteiger partial charge in [-0.1, -0.05) is 18.0 Å². The first-order valence-corrected chi connectivity index (χ1v) is 8.16. The van der Waals surface area contributed by atoms with E-state index in [0.717, 1.165) is 19.3 Å². The highest BCUT2D eigenvalue weighted by atomic mass is 35.5. The van der Waals surface area contributed by atoms with E-state index >= 15 is 0 Å². The Morgan fingerprint density at radius 1 is 1.45 bits per heavy atom. The maximum Gasteiger partial charge on any atom is 0.257 e. The van der Waals surface area contributed by atoms with Crippen LogP contribution >= 0.6 is 11.6 Å². The van der Waals surface area contributed by atoms with Crippen LogP contribution in [0.4, 0.5) is 0 Å². The third kappa shape index (κ3) is 4.14. The summed E-state index contributed by atoms with van der Waals surface area (Å²) in [6.45, 7) is 4.39. The third-order valence-electron chi connectivity index (χ3n) is 4.01. The zero-order valence-electron chi connectivity index (χ0n) is 13.4. The monoisotopic (exact) mass is 325 g/mol. The Balaban J connectivity index is 2.15. The molecule has 1 fully saturated rings. The number of benzene rings is 1. The van der Waals surface area contributed by atoms with E-state index in [1.54, 1.807) is 30.1 Å². The van der Waals surface area contributed by atoms with Gasteiger partial charge in [0, 0.05) is 24.5 Å². The Morgan fingerprint density at radius 2 is 2.18 bits per heavy atom. The largest absolute Gasteiger partial charge is 0.490 e. The first-order chi connectivity index (χ1) is 10.4. The lowest BCUT2D eigenvalue weighted by Crippen LogP contribution is -2.34. The first kappa shape index (κ1) is 17.1. The number of amides is 1. The molecule has 0 saturated heterocycles.